The van der Waals surface area contributed by atoms with Crippen LogP contribution < -0.4 is 5.32 Å². The van der Waals surface area contributed by atoms with E-state index in [9.17, 15) is 14.7 Å². The molecule has 192 valence electrons. The summed E-state index contributed by atoms with van der Waals surface area (Å²) in [5.41, 5.74) is 1.49. The Hall–Kier alpha value is -2.91. The smallest absolute Gasteiger partial charge is 0.248 e. The van der Waals surface area contributed by atoms with E-state index in [2.05, 4.69) is 20.2 Å². The fourth-order valence-electron chi connectivity index (χ4n) is 5.11. The maximum atomic E-state index is 13.8. The van der Waals surface area contributed by atoms with Gasteiger partial charge < -0.3 is 19.9 Å². The summed E-state index contributed by atoms with van der Waals surface area (Å²) in [6.07, 6.45) is 5.48. The molecule has 3 atom stereocenters. The molecule has 2 aromatic heterocycles. The molecular formula is C26H33ClN6O3. The van der Waals surface area contributed by atoms with Crippen LogP contribution in [0.5, 0.6) is 0 Å². The molecule has 1 saturated heterocycles. The summed E-state index contributed by atoms with van der Waals surface area (Å²) in [5.74, 6) is -0.0555. The number of halogens is 1. The highest BCUT2D eigenvalue weighted by atomic mass is 35.5. The lowest BCUT2D eigenvalue weighted by atomic mass is 9.85. The fourth-order valence-corrected chi connectivity index (χ4v) is 5.29. The van der Waals surface area contributed by atoms with Gasteiger partial charge in [0.1, 0.15) is 12.1 Å². The minimum absolute atomic E-state index is 0.122. The molecule has 0 bridgehead atoms. The predicted molar refractivity (Wildman–Crippen MR) is 137 cm³/mol. The fraction of sp³-hybridized carbons (Fsp3) is 0.538. The number of benzene rings is 1. The zero-order valence-corrected chi connectivity index (χ0v) is 21.6. The van der Waals surface area contributed by atoms with E-state index in [0.717, 1.165) is 29.4 Å². The van der Waals surface area contributed by atoms with Crippen LogP contribution in [-0.2, 0) is 16.1 Å². The lowest BCUT2D eigenvalue weighted by Crippen LogP contribution is -2.50. The van der Waals surface area contributed by atoms with Crippen molar-refractivity contribution in [2.24, 2.45) is 5.41 Å². The first kappa shape index (κ1) is 24.8. The van der Waals surface area contributed by atoms with Crippen molar-refractivity contribution in [2.45, 2.75) is 70.7 Å². The van der Waals surface area contributed by atoms with Gasteiger partial charge in [-0.05, 0) is 42.5 Å². The van der Waals surface area contributed by atoms with Gasteiger partial charge in [-0.1, -0.05) is 37.6 Å². The van der Waals surface area contributed by atoms with E-state index in [4.69, 9.17) is 11.6 Å². The molecule has 5 rings (SSSR count). The molecule has 1 aliphatic carbocycles. The first-order chi connectivity index (χ1) is 17.1. The normalized spacial score (nSPS) is 21.2. The van der Waals surface area contributed by atoms with Crippen LogP contribution in [0.1, 0.15) is 57.7 Å². The largest absolute Gasteiger partial charge is 0.391 e. The molecule has 0 spiro atoms. The van der Waals surface area contributed by atoms with E-state index in [0.29, 0.717) is 24.0 Å². The minimum Gasteiger partial charge on any atom is -0.391 e. The summed E-state index contributed by atoms with van der Waals surface area (Å²) in [6, 6.07) is 6.33. The third-order valence-corrected chi connectivity index (χ3v) is 7.33. The second-order valence-electron chi connectivity index (χ2n) is 11.1. The monoisotopic (exact) mass is 512 g/mol. The van der Waals surface area contributed by atoms with Crippen LogP contribution in [0.25, 0.3) is 10.9 Å². The van der Waals surface area contributed by atoms with Gasteiger partial charge in [-0.15, -0.1) is 5.10 Å². The van der Waals surface area contributed by atoms with Gasteiger partial charge in [-0.3, -0.25) is 9.59 Å². The quantitative estimate of drug-likeness (QED) is 0.506. The number of amides is 2. The van der Waals surface area contributed by atoms with E-state index in [1.165, 1.54) is 4.90 Å². The molecule has 2 N–H and O–H groups in total. The number of hydrogen-bond donors (Lipinski definition) is 2. The molecule has 1 aliphatic heterocycles. The molecule has 2 amide bonds. The number of fused-ring (bicyclic) bond motifs is 1. The molecule has 2 unspecified atom stereocenters. The van der Waals surface area contributed by atoms with Gasteiger partial charge in [-0.2, -0.15) is 0 Å². The number of carbonyl (C=O) groups is 2. The van der Waals surface area contributed by atoms with Crippen molar-refractivity contribution < 1.29 is 14.7 Å². The Morgan fingerprint density at radius 1 is 1.25 bits per heavy atom. The second kappa shape index (κ2) is 9.52. The average Bonchev–Trinajstić information content (AvgIpc) is 3.21. The highest BCUT2D eigenvalue weighted by molar-refractivity contribution is 6.31. The summed E-state index contributed by atoms with van der Waals surface area (Å²) >= 11 is 6.08. The topological polar surface area (TPSA) is 105 Å². The molecular weight excluding hydrogens is 480 g/mol. The van der Waals surface area contributed by atoms with Gasteiger partial charge in [-0.25, -0.2) is 4.68 Å². The molecule has 10 heteroatoms. The van der Waals surface area contributed by atoms with Crippen molar-refractivity contribution in [3.63, 3.8) is 0 Å². The number of hydrogen-bond acceptors (Lipinski definition) is 5. The average molecular weight is 513 g/mol. The Balaban J connectivity index is 1.27. The number of aliphatic hydroxyl groups excluding tert-OH is 1. The first-order valence-electron chi connectivity index (χ1n) is 12.5. The number of aromatic nitrogens is 4. The van der Waals surface area contributed by atoms with Crippen molar-refractivity contribution in [1.29, 1.82) is 0 Å². The van der Waals surface area contributed by atoms with Gasteiger partial charge in [0.2, 0.25) is 11.8 Å². The second-order valence-corrected chi connectivity index (χ2v) is 11.5. The number of rotatable bonds is 7. The highest BCUT2D eigenvalue weighted by Gasteiger charge is 2.45. The van der Waals surface area contributed by atoms with Crippen LogP contribution in [0.2, 0.25) is 5.02 Å². The standard InChI is InChI=1S/C26H33ClN6O3/c1-26(2,3)23(33-15-20(29-30-33)16-4-5-16)25(36)32-14-19(34)13-22(32)24(35)28-9-11-31-10-8-17-12-18(27)6-7-21(17)31/h6-8,10,12,15-16,19,22-23,34H,4-5,9,11,13-14H2,1-3H3,(H,28,35)/t19?,22?,23-/m1/s1. The molecule has 1 saturated carbocycles. The lowest BCUT2D eigenvalue weighted by molar-refractivity contribution is -0.144. The summed E-state index contributed by atoms with van der Waals surface area (Å²) in [7, 11) is 0. The van der Waals surface area contributed by atoms with E-state index in [1.807, 2.05) is 57.4 Å². The van der Waals surface area contributed by atoms with Crippen molar-refractivity contribution >= 4 is 34.3 Å². The minimum atomic E-state index is -0.749. The van der Waals surface area contributed by atoms with Crippen LogP contribution in [0.4, 0.5) is 0 Å². The molecule has 1 aromatic carbocycles. The molecule has 3 heterocycles. The number of likely N-dealkylation sites (tertiary alicyclic amines) is 1. The molecule has 2 fully saturated rings. The molecule has 2 aliphatic rings. The van der Waals surface area contributed by atoms with Crippen LogP contribution in [0, 0.1) is 5.41 Å². The maximum absolute atomic E-state index is 13.8. The van der Waals surface area contributed by atoms with E-state index < -0.39 is 23.6 Å². The van der Waals surface area contributed by atoms with Crippen LogP contribution in [0.3, 0.4) is 0 Å². The zero-order chi connectivity index (χ0) is 25.6. The lowest BCUT2D eigenvalue weighted by Gasteiger charge is -2.34. The molecule has 0 radical (unpaired) electrons. The third-order valence-electron chi connectivity index (χ3n) is 7.09. The zero-order valence-electron chi connectivity index (χ0n) is 20.9. The van der Waals surface area contributed by atoms with Gasteiger partial charge in [0.15, 0.2) is 0 Å². The molecule has 9 nitrogen and oxygen atoms in total. The number of nitrogens with zero attached hydrogens (tertiary/aromatic N) is 5. The van der Waals surface area contributed by atoms with E-state index >= 15 is 0 Å². The van der Waals surface area contributed by atoms with Crippen molar-refractivity contribution in [3.05, 3.63) is 47.4 Å². The van der Waals surface area contributed by atoms with Crippen molar-refractivity contribution in [3.8, 4) is 0 Å². The SMILES string of the molecule is CC(C)(C)[C@@H](C(=O)N1CC(O)CC1C(=O)NCCn1ccc2cc(Cl)ccc21)n1cc(C2CC2)nn1. The first-order valence-corrected chi connectivity index (χ1v) is 12.9. The van der Waals surface area contributed by atoms with Crippen LogP contribution in [-0.4, -0.2) is 66.6 Å². The van der Waals surface area contributed by atoms with Crippen molar-refractivity contribution in [1.82, 2.24) is 29.8 Å². The molecule has 36 heavy (non-hydrogen) atoms. The number of β-amino-alcohol motifs (C(OH)–C–C–N with tert-alkyl or cyclic N) is 1. The van der Waals surface area contributed by atoms with E-state index in [-0.39, 0.29) is 24.8 Å². The molecule has 3 aromatic rings. The maximum Gasteiger partial charge on any atom is 0.248 e. The third kappa shape index (κ3) is 4.99. The van der Waals surface area contributed by atoms with Gasteiger partial charge in [0.25, 0.3) is 0 Å². The van der Waals surface area contributed by atoms with Gasteiger partial charge in [0.05, 0.1) is 11.8 Å². The summed E-state index contributed by atoms with van der Waals surface area (Å²) < 4.78 is 3.69. The summed E-state index contributed by atoms with van der Waals surface area (Å²) in [5, 5.41) is 23.6. The van der Waals surface area contributed by atoms with Gasteiger partial charge >= 0.3 is 0 Å². The number of carbonyl (C=O) groups excluding carboxylic acids is 2. The summed E-state index contributed by atoms with van der Waals surface area (Å²) in [6.45, 7) is 7.03. The predicted octanol–water partition coefficient (Wildman–Crippen LogP) is 3.13. The summed E-state index contributed by atoms with van der Waals surface area (Å²) in [4.78, 5) is 28.5. The van der Waals surface area contributed by atoms with Gasteiger partial charge in [0, 0.05) is 60.3 Å². The Kier molecular flexibility index (Phi) is 6.55. The van der Waals surface area contributed by atoms with Crippen molar-refractivity contribution in [2.75, 3.05) is 13.1 Å². The van der Waals surface area contributed by atoms with E-state index in [1.54, 1.807) is 4.68 Å². The van der Waals surface area contributed by atoms with Crippen LogP contribution >= 0.6 is 11.6 Å². The Labute approximate surface area is 215 Å². The Morgan fingerprint density at radius 3 is 2.75 bits per heavy atom. The highest BCUT2D eigenvalue weighted by Crippen LogP contribution is 2.40. The number of nitrogens with one attached hydrogen (secondary N) is 1. The Morgan fingerprint density at radius 2 is 2.03 bits per heavy atom. The number of aliphatic hydroxyl groups is 1. The van der Waals surface area contributed by atoms with Crippen LogP contribution in [0.15, 0.2) is 36.7 Å². The Bertz CT molecular complexity index is 1270.